The molecule has 132 valence electrons. The number of aryl methyl sites for hydroxylation is 2. The van der Waals surface area contributed by atoms with E-state index < -0.39 is 0 Å². The Morgan fingerprint density at radius 2 is 1.72 bits per heavy atom. The van der Waals surface area contributed by atoms with Crippen molar-refractivity contribution in [2.24, 2.45) is 0 Å². The molecule has 4 nitrogen and oxygen atoms in total. The van der Waals surface area contributed by atoms with Crippen LogP contribution in [0, 0.1) is 6.92 Å². The highest BCUT2D eigenvalue weighted by atomic mass is 16.2. The van der Waals surface area contributed by atoms with E-state index in [-0.39, 0.29) is 11.8 Å². The Morgan fingerprint density at radius 1 is 1.04 bits per heavy atom. The van der Waals surface area contributed by atoms with Crippen molar-refractivity contribution in [1.29, 1.82) is 0 Å². The first-order valence-electron chi connectivity index (χ1n) is 8.66. The van der Waals surface area contributed by atoms with Gasteiger partial charge in [0.25, 0.3) is 5.91 Å². The Labute approximate surface area is 149 Å². The summed E-state index contributed by atoms with van der Waals surface area (Å²) in [7, 11) is 1.79. The van der Waals surface area contributed by atoms with E-state index in [9.17, 15) is 9.59 Å². The van der Waals surface area contributed by atoms with Crippen LogP contribution in [0.5, 0.6) is 0 Å². The van der Waals surface area contributed by atoms with Gasteiger partial charge in [0.1, 0.15) is 0 Å². The highest BCUT2D eigenvalue weighted by molar-refractivity contribution is 5.94. The molecule has 2 rings (SSSR count). The summed E-state index contributed by atoms with van der Waals surface area (Å²) >= 11 is 0. The maximum atomic E-state index is 12.2. The molecule has 0 saturated heterocycles. The number of hydrogen-bond acceptors (Lipinski definition) is 2. The quantitative estimate of drug-likeness (QED) is 0.842. The number of hydrogen-bond donors (Lipinski definition) is 1. The van der Waals surface area contributed by atoms with Gasteiger partial charge in [0.2, 0.25) is 5.91 Å². The van der Waals surface area contributed by atoms with E-state index in [1.165, 1.54) is 5.56 Å². The predicted octanol–water partition coefficient (Wildman–Crippen LogP) is 3.34. The van der Waals surface area contributed by atoms with Gasteiger partial charge in [0.05, 0.1) is 0 Å². The Kier molecular flexibility index (Phi) is 6.75. The minimum absolute atomic E-state index is 0.0177. The molecule has 2 amide bonds. The summed E-state index contributed by atoms with van der Waals surface area (Å²) < 4.78 is 0. The number of amides is 2. The minimum atomic E-state index is -0.144. The first kappa shape index (κ1) is 18.7. The molecule has 1 N–H and O–H groups in total. The van der Waals surface area contributed by atoms with Crippen molar-refractivity contribution >= 4 is 11.8 Å². The van der Waals surface area contributed by atoms with Crippen molar-refractivity contribution in [1.82, 2.24) is 10.2 Å². The molecule has 0 aromatic heterocycles. The molecule has 0 aliphatic carbocycles. The lowest BCUT2D eigenvalue weighted by molar-refractivity contribution is -0.130. The summed E-state index contributed by atoms with van der Waals surface area (Å²) in [6, 6.07) is 15.7. The summed E-state index contributed by atoms with van der Waals surface area (Å²) in [5, 5.41) is 2.80. The number of rotatable bonds is 7. The average Bonchev–Trinajstić information content (AvgIpc) is 2.62. The van der Waals surface area contributed by atoms with Crippen LogP contribution in [0.4, 0.5) is 0 Å². The third kappa shape index (κ3) is 5.75. The molecule has 0 fully saturated rings. The van der Waals surface area contributed by atoms with Gasteiger partial charge >= 0.3 is 0 Å². The number of carbonyl (C=O) groups is 2. The molecule has 0 heterocycles. The topological polar surface area (TPSA) is 49.4 Å². The number of nitrogens with zero attached hydrogens (tertiary/aromatic N) is 1. The lowest BCUT2D eigenvalue weighted by Crippen LogP contribution is -2.31. The second-order valence-electron chi connectivity index (χ2n) is 6.30. The fourth-order valence-electron chi connectivity index (χ4n) is 2.60. The highest BCUT2D eigenvalue weighted by Crippen LogP contribution is 2.08. The van der Waals surface area contributed by atoms with Crippen molar-refractivity contribution < 1.29 is 9.59 Å². The van der Waals surface area contributed by atoms with Crippen LogP contribution in [0.25, 0.3) is 0 Å². The molecule has 4 heteroatoms. The van der Waals surface area contributed by atoms with Crippen molar-refractivity contribution in [2.75, 3.05) is 13.6 Å². The zero-order valence-electron chi connectivity index (χ0n) is 15.2. The standard InChI is InChI=1S/C21H26N2O2/c1-4-17-8-10-18(11-9-17)15-23(3)20(24)12-13-22-21(25)19-7-5-6-16(2)14-19/h5-11,14H,4,12-13,15H2,1-3H3,(H,22,25). The van der Waals surface area contributed by atoms with Gasteiger partial charge in [0, 0.05) is 32.1 Å². The van der Waals surface area contributed by atoms with Crippen molar-refractivity contribution in [3.05, 3.63) is 70.8 Å². The summed E-state index contributed by atoms with van der Waals surface area (Å²) in [5.74, 6) is -0.126. The normalized spacial score (nSPS) is 10.4. The molecular weight excluding hydrogens is 312 g/mol. The smallest absolute Gasteiger partial charge is 0.251 e. The van der Waals surface area contributed by atoms with Crippen LogP contribution in [-0.4, -0.2) is 30.3 Å². The number of nitrogens with one attached hydrogen (secondary N) is 1. The van der Waals surface area contributed by atoms with Crippen LogP contribution in [-0.2, 0) is 17.8 Å². The molecule has 0 saturated carbocycles. The van der Waals surface area contributed by atoms with Crippen molar-refractivity contribution in [3.8, 4) is 0 Å². The van der Waals surface area contributed by atoms with E-state index in [0.717, 1.165) is 17.5 Å². The fraction of sp³-hybridized carbons (Fsp3) is 0.333. The monoisotopic (exact) mass is 338 g/mol. The molecule has 0 unspecified atom stereocenters. The third-order valence-electron chi connectivity index (χ3n) is 4.18. The van der Waals surface area contributed by atoms with E-state index in [4.69, 9.17) is 0 Å². The molecule has 2 aromatic carbocycles. The number of carbonyl (C=O) groups excluding carboxylic acids is 2. The summed E-state index contributed by atoms with van der Waals surface area (Å²) in [4.78, 5) is 26.0. The first-order chi connectivity index (χ1) is 12.0. The van der Waals surface area contributed by atoms with Crippen LogP contribution in [0.15, 0.2) is 48.5 Å². The molecule has 0 aliphatic rings. The van der Waals surface area contributed by atoms with Crippen LogP contribution in [0.2, 0.25) is 0 Å². The van der Waals surface area contributed by atoms with Gasteiger partial charge < -0.3 is 10.2 Å². The zero-order chi connectivity index (χ0) is 18.2. The van der Waals surface area contributed by atoms with Crippen LogP contribution in [0.3, 0.4) is 0 Å². The lowest BCUT2D eigenvalue weighted by Gasteiger charge is -2.17. The van der Waals surface area contributed by atoms with Gasteiger partial charge in [0.15, 0.2) is 0 Å². The fourth-order valence-corrected chi connectivity index (χ4v) is 2.60. The molecule has 0 atom stereocenters. The number of benzene rings is 2. The molecule has 25 heavy (non-hydrogen) atoms. The van der Waals surface area contributed by atoms with Crippen molar-refractivity contribution in [2.45, 2.75) is 33.2 Å². The van der Waals surface area contributed by atoms with Crippen LogP contribution < -0.4 is 5.32 Å². The largest absolute Gasteiger partial charge is 0.352 e. The van der Waals surface area contributed by atoms with E-state index in [0.29, 0.717) is 25.1 Å². The Morgan fingerprint density at radius 3 is 2.36 bits per heavy atom. The maximum absolute atomic E-state index is 12.2. The maximum Gasteiger partial charge on any atom is 0.251 e. The molecule has 0 spiro atoms. The minimum Gasteiger partial charge on any atom is -0.352 e. The van der Waals surface area contributed by atoms with Gasteiger partial charge in [-0.3, -0.25) is 9.59 Å². The molecular formula is C21H26N2O2. The first-order valence-corrected chi connectivity index (χ1v) is 8.66. The SMILES string of the molecule is CCc1ccc(CN(C)C(=O)CCNC(=O)c2cccc(C)c2)cc1. The summed E-state index contributed by atoms with van der Waals surface area (Å²) in [6.45, 7) is 4.98. The van der Waals surface area contributed by atoms with Gasteiger partial charge in [-0.15, -0.1) is 0 Å². The summed E-state index contributed by atoms with van der Waals surface area (Å²) in [6.07, 6.45) is 1.30. The van der Waals surface area contributed by atoms with E-state index in [2.05, 4.69) is 36.5 Å². The second kappa shape index (κ2) is 9.02. The second-order valence-corrected chi connectivity index (χ2v) is 6.30. The highest BCUT2D eigenvalue weighted by Gasteiger charge is 2.11. The van der Waals surface area contributed by atoms with Gasteiger partial charge in [-0.25, -0.2) is 0 Å². The average molecular weight is 338 g/mol. The van der Waals surface area contributed by atoms with Gasteiger partial charge in [-0.05, 0) is 36.6 Å². The third-order valence-corrected chi connectivity index (χ3v) is 4.18. The van der Waals surface area contributed by atoms with Gasteiger partial charge in [-0.2, -0.15) is 0 Å². The van der Waals surface area contributed by atoms with Crippen molar-refractivity contribution in [3.63, 3.8) is 0 Å². The Bertz CT molecular complexity index is 723. The van der Waals surface area contributed by atoms with E-state index >= 15 is 0 Å². The molecule has 0 radical (unpaired) electrons. The van der Waals surface area contributed by atoms with Crippen LogP contribution >= 0.6 is 0 Å². The van der Waals surface area contributed by atoms with E-state index in [1.54, 1.807) is 18.0 Å². The molecule has 0 aliphatic heterocycles. The Balaban J connectivity index is 1.78. The molecule has 2 aromatic rings. The summed E-state index contributed by atoms with van der Waals surface area (Å²) in [5.41, 5.74) is 4.06. The predicted molar refractivity (Wildman–Crippen MR) is 100 cm³/mol. The molecule has 0 bridgehead atoms. The lowest BCUT2D eigenvalue weighted by atomic mass is 10.1. The Hall–Kier alpha value is -2.62. The van der Waals surface area contributed by atoms with E-state index in [1.807, 2.05) is 25.1 Å². The van der Waals surface area contributed by atoms with Gasteiger partial charge in [-0.1, -0.05) is 48.9 Å². The van der Waals surface area contributed by atoms with Crippen LogP contribution in [0.1, 0.15) is 40.4 Å². The zero-order valence-corrected chi connectivity index (χ0v) is 15.2.